The third kappa shape index (κ3) is 4.03. The molecule has 6 heteroatoms. The summed E-state index contributed by atoms with van der Waals surface area (Å²) in [4.78, 5) is 12.2. The van der Waals surface area contributed by atoms with Gasteiger partial charge in [0, 0.05) is 12.6 Å². The van der Waals surface area contributed by atoms with Crippen LogP contribution in [0.1, 0.15) is 57.2 Å². The molecular formula is C15H25N5O. The predicted octanol–water partition coefficient (Wildman–Crippen LogP) is 1.40. The highest BCUT2D eigenvalue weighted by Gasteiger charge is 2.23. The van der Waals surface area contributed by atoms with Crippen LogP contribution in [0, 0.1) is 5.92 Å². The zero-order valence-corrected chi connectivity index (χ0v) is 12.7. The van der Waals surface area contributed by atoms with Crippen molar-refractivity contribution in [2.75, 3.05) is 6.54 Å². The molecule has 0 radical (unpaired) electrons. The van der Waals surface area contributed by atoms with Gasteiger partial charge in [-0.1, -0.05) is 18.1 Å². The fourth-order valence-electron chi connectivity index (χ4n) is 2.82. The number of nitrogens with zero attached hydrogens (tertiary/aromatic N) is 3. The molecule has 2 aliphatic rings. The summed E-state index contributed by atoms with van der Waals surface area (Å²) in [5.74, 6) is 0.903. The van der Waals surface area contributed by atoms with E-state index in [1.165, 1.54) is 25.7 Å². The van der Waals surface area contributed by atoms with Gasteiger partial charge >= 0.3 is 0 Å². The molecular weight excluding hydrogens is 266 g/mol. The lowest BCUT2D eigenvalue weighted by molar-refractivity contribution is -0.124. The van der Waals surface area contributed by atoms with Crippen LogP contribution in [-0.4, -0.2) is 33.5 Å². The monoisotopic (exact) mass is 291 g/mol. The van der Waals surface area contributed by atoms with Crippen LogP contribution in [0.4, 0.5) is 0 Å². The van der Waals surface area contributed by atoms with Gasteiger partial charge in [-0.3, -0.25) is 4.79 Å². The van der Waals surface area contributed by atoms with Gasteiger partial charge in [0.25, 0.3) is 0 Å². The van der Waals surface area contributed by atoms with Crippen molar-refractivity contribution in [3.05, 3.63) is 11.9 Å². The van der Waals surface area contributed by atoms with E-state index in [-0.39, 0.29) is 11.9 Å². The highest BCUT2D eigenvalue weighted by Crippen LogP contribution is 2.27. The molecule has 2 N–H and O–H groups in total. The van der Waals surface area contributed by atoms with Crippen molar-refractivity contribution in [2.24, 2.45) is 5.92 Å². The van der Waals surface area contributed by atoms with Crippen molar-refractivity contribution in [2.45, 2.75) is 64.1 Å². The number of hydrogen-bond donors (Lipinski definition) is 2. The van der Waals surface area contributed by atoms with Crippen LogP contribution in [0.5, 0.6) is 0 Å². The van der Waals surface area contributed by atoms with Crippen molar-refractivity contribution in [3.63, 3.8) is 0 Å². The van der Waals surface area contributed by atoms with Crippen LogP contribution in [0.15, 0.2) is 6.20 Å². The Bertz CT molecular complexity index is 476. The number of hydrogen-bond acceptors (Lipinski definition) is 4. The van der Waals surface area contributed by atoms with Gasteiger partial charge in [-0.05, 0) is 45.1 Å². The van der Waals surface area contributed by atoms with E-state index in [4.69, 9.17) is 0 Å². The average Bonchev–Trinajstić information content (AvgIpc) is 2.97. The van der Waals surface area contributed by atoms with Gasteiger partial charge in [-0.15, -0.1) is 5.10 Å². The third-order valence-corrected chi connectivity index (χ3v) is 4.47. The van der Waals surface area contributed by atoms with Crippen molar-refractivity contribution >= 4 is 5.91 Å². The first-order chi connectivity index (χ1) is 10.2. The molecule has 2 aliphatic carbocycles. The molecule has 6 nitrogen and oxygen atoms in total. The molecule has 1 unspecified atom stereocenters. The Labute approximate surface area is 125 Å². The fraction of sp³-hybridized carbons (Fsp3) is 0.800. The molecule has 0 spiro atoms. The zero-order chi connectivity index (χ0) is 14.7. The molecule has 0 bridgehead atoms. The van der Waals surface area contributed by atoms with Crippen molar-refractivity contribution in [1.29, 1.82) is 0 Å². The number of amides is 1. The molecule has 1 heterocycles. The molecule has 2 saturated carbocycles. The maximum atomic E-state index is 12.2. The Balaban J connectivity index is 1.47. The molecule has 0 saturated heterocycles. The smallest absolute Gasteiger partial charge is 0.244 e. The lowest BCUT2D eigenvalue weighted by Gasteiger charge is -2.16. The van der Waals surface area contributed by atoms with Crippen molar-refractivity contribution in [1.82, 2.24) is 25.6 Å². The van der Waals surface area contributed by atoms with Gasteiger partial charge in [-0.25, -0.2) is 4.68 Å². The number of rotatable bonds is 7. The first-order valence-corrected chi connectivity index (χ1v) is 8.14. The first-order valence-electron chi connectivity index (χ1n) is 8.14. The van der Waals surface area contributed by atoms with Gasteiger partial charge in [0.05, 0.1) is 11.9 Å². The quantitative estimate of drug-likeness (QED) is 0.796. The number of aromatic nitrogens is 3. The predicted molar refractivity (Wildman–Crippen MR) is 79.6 cm³/mol. The Morgan fingerprint density at radius 3 is 2.86 bits per heavy atom. The second kappa shape index (κ2) is 6.56. The van der Waals surface area contributed by atoms with E-state index in [9.17, 15) is 4.79 Å². The van der Waals surface area contributed by atoms with E-state index in [2.05, 4.69) is 20.9 Å². The van der Waals surface area contributed by atoms with Crippen LogP contribution >= 0.6 is 0 Å². The van der Waals surface area contributed by atoms with Gasteiger partial charge in [0.1, 0.15) is 6.04 Å². The number of nitrogens with one attached hydrogen (secondary N) is 2. The van der Waals surface area contributed by atoms with E-state index < -0.39 is 0 Å². The van der Waals surface area contributed by atoms with E-state index in [0.29, 0.717) is 6.04 Å². The third-order valence-electron chi connectivity index (χ3n) is 4.47. The minimum absolute atomic E-state index is 0.0456. The van der Waals surface area contributed by atoms with Crippen LogP contribution in [0.3, 0.4) is 0 Å². The summed E-state index contributed by atoms with van der Waals surface area (Å²) >= 11 is 0. The molecule has 0 aromatic carbocycles. The lowest BCUT2D eigenvalue weighted by Crippen LogP contribution is -2.37. The summed E-state index contributed by atoms with van der Waals surface area (Å²) in [6.07, 6.45) is 9.21. The fourth-order valence-corrected chi connectivity index (χ4v) is 2.82. The average molecular weight is 291 g/mol. The Kier molecular flexibility index (Phi) is 4.53. The Morgan fingerprint density at radius 2 is 2.14 bits per heavy atom. The van der Waals surface area contributed by atoms with E-state index in [1.54, 1.807) is 4.68 Å². The van der Waals surface area contributed by atoms with E-state index in [1.807, 2.05) is 13.1 Å². The molecule has 3 rings (SSSR count). The van der Waals surface area contributed by atoms with Crippen molar-refractivity contribution < 1.29 is 4.79 Å². The molecule has 0 aliphatic heterocycles. The van der Waals surface area contributed by atoms with Crippen LogP contribution in [-0.2, 0) is 11.3 Å². The zero-order valence-electron chi connectivity index (χ0n) is 12.7. The highest BCUT2D eigenvalue weighted by atomic mass is 16.2. The Hall–Kier alpha value is -1.43. The molecule has 2 fully saturated rings. The summed E-state index contributed by atoms with van der Waals surface area (Å²) in [5.41, 5.74) is 0.899. The summed E-state index contributed by atoms with van der Waals surface area (Å²) < 4.78 is 1.67. The SMILES string of the molecule is CC(C(=O)NC1CCCC1)n1cc(CNCC2CC2)nn1. The minimum atomic E-state index is -0.296. The summed E-state index contributed by atoms with van der Waals surface area (Å²) in [6, 6.07) is 0.0541. The Morgan fingerprint density at radius 1 is 1.38 bits per heavy atom. The molecule has 21 heavy (non-hydrogen) atoms. The van der Waals surface area contributed by atoms with Crippen LogP contribution in [0.25, 0.3) is 0 Å². The second-order valence-corrected chi connectivity index (χ2v) is 6.43. The van der Waals surface area contributed by atoms with Crippen LogP contribution < -0.4 is 10.6 Å². The first kappa shape index (κ1) is 14.5. The molecule has 1 amide bonds. The molecule has 1 aromatic heterocycles. The van der Waals surface area contributed by atoms with E-state index in [0.717, 1.165) is 37.5 Å². The summed E-state index contributed by atoms with van der Waals surface area (Å²) in [5, 5.41) is 14.7. The molecule has 1 atom stereocenters. The normalized spacial score (nSPS) is 20.6. The summed E-state index contributed by atoms with van der Waals surface area (Å²) in [7, 11) is 0. The number of carbonyl (C=O) groups is 1. The topological polar surface area (TPSA) is 71.8 Å². The van der Waals surface area contributed by atoms with Crippen molar-refractivity contribution in [3.8, 4) is 0 Å². The van der Waals surface area contributed by atoms with Gasteiger partial charge in [-0.2, -0.15) is 0 Å². The number of carbonyl (C=O) groups excluding carboxylic acids is 1. The lowest BCUT2D eigenvalue weighted by atomic mass is 10.2. The minimum Gasteiger partial charge on any atom is -0.352 e. The van der Waals surface area contributed by atoms with Gasteiger partial charge in [0.15, 0.2) is 0 Å². The largest absolute Gasteiger partial charge is 0.352 e. The standard InChI is InChI=1S/C15H25N5O/c1-11(15(21)17-13-4-2-3-5-13)20-10-14(18-19-20)9-16-8-12-6-7-12/h10-13,16H,2-9H2,1H3,(H,17,21). The van der Waals surface area contributed by atoms with Gasteiger partial charge < -0.3 is 10.6 Å². The second-order valence-electron chi connectivity index (χ2n) is 6.43. The molecule has 116 valence electrons. The van der Waals surface area contributed by atoms with Crippen LogP contribution in [0.2, 0.25) is 0 Å². The summed E-state index contributed by atoms with van der Waals surface area (Å²) in [6.45, 7) is 3.67. The maximum absolute atomic E-state index is 12.2. The maximum Gasteiger partial charge on any atom is 0.244 e. The molecule has 1 aromatic rings. The highest BCUT2D eigenvalue weighted by molar-refractivity contribution is 5.80. The van der Waals surface area contributed by atoms with Gasteiger partial charge in [0.2, 0.25) is 5.91 Å². The van der Waals surface area contributed by atoms with E-state index >= 15 is 0 Å².